The van der Waals surface area contributed by atoms with Gasteiger partial charge >= 0.3 is 5.97 Å². The predicted molar refractivity (Wildman–Crippen MR) is 84.8 cm³/mol. The molecule has 5 nitrogen and oxygen atoms in total. The molecule has 2 rings (SSSR count). The topological polar surface area (TPSA) is 61.2 Å². The van der Waals surface area contributed by atoms with E-state index in [9.17, 15) is 9.59 Å². The molecule has 0 saturated carbocycles. The molecule has 1 unspecified atom stereocenters. The van der Waals surface area contributed by atoms with Gasteiger partial charge in [-0.25, -0.2) is 9.48 Å². The van der Waals surface area contributed by atoms with Crippen molar-refractivity contribution in [2.24, 2.45) is 0 Å². The van der Waals surface area contributed by atoms with Crippen molar-refractivity contribution in [3.63, 3.8) is 0 Å². The maximum atomic E-state index is 12.0. The maximum absolute atomic E-state index is 12.0. The van der Waals surface area contributed by atoms with Crippen LogP contribution in [0.3, 0.4) is 0 Å². The molecule has 0 amide bonds. The van der Waals surface area contributed by atoms with Crippen LogP contribution in [0.4, 0.5) is 0 Å². The molecule has 1 aromatic heterocycles. The summed E-state index contributed by atoms with van der Waals surface area (Å²) in [7, 11) is 0. The number of hydrogen-bond donors (Lipinski definition) is 0. The van der Waals surface area contributed by atoms with Gasteiger partial charge in [0.05, 0.1) is 12.3 Å². The van der Waals surface area contributed by atoms with Gasteiger partial charge < -0.3 is 4.74 Å². The Labute approximate surface area is 129 Å². The highest BCUT2D eigenvalue weighted by atomic mass is 16.5. The van der Waals surface area contributed by atoms with E-state index in [1.165, 1.54) is 16.3 Å². The summed E-state index contributed by atoms with van der Waals surface area (Å²) >= 11 is 0. The van der Waals surface area contributed by atoms with Crippen molar-refractivity contribution in [1.82, 2.24) is 9.78 Å². The second kappa shape index (κ2) is 6.56. The first kappa shape index (κ1) is 15.9. The smallest absolute Gasteiger partial charge is 0.330 e. The van der Waals surface area contributed by atoms with Crippen molar-refractivity contribution in [2.45, 2.75) is 33.7 Å². The van der Waals surface area contributed by atoms with Gasteiger partial charge in [0.15, 0.2) is 6.04 Å². The summed E-state index contributed by atoms with van der Waals surface area (Å²) in [6.07, 6.45) is 0. The molecule has 0 N–H and O–H groups in total. The minimum atomic E-state index is -0.751. The fraction of sp³-hybridized carbons (Fsp3) is 0.353. The van der Waals surface area contributed by atoms with Crippen molar-refractivity contribution in [3.8, 4) is 11.3 Å². The van der Waals surface area contributed by atoms with Crippen LogP contribution in [-0.2, 0) is 9.53 Å². The summed E-state index contributed by atoms with van der Waals surface area (Å²) in [5, 5.41) is 4.32. The second-order valence-corrected chi connectivity index (χ2v) is 5.23. The van der Waals surface area contributed by atoms with Crippen molar-refractivity contribution in [3.05, 3.63) is 51.8 Å². The molecule has 2 aromatic rings. The Balaban J connectivity index is 2.44. The highest BCUT2D eigenvalue weighted by Gasteiger charge is 2.19. The van der Waals surface area contributed by atoms with Crippen LogP contribution >= 0.6 is 0 Å². The van der Waals surface area contributed by atoms with Gasteiger partial charge in [-0.15, -0.1) is 0 Å². The normalized spacial score (nSPS) is 12.0. The second-order valence-electron chi connectivity index (χ2n) is 5.23. The number of carbonyl (C=O) groups excluding carboxylic acids is 1. The maximum Gasteiger partial charge on any atom is 0.330 e. The minimum Gasteiger partial charge on any atom is -0.464 e. The predicted octanol–water partition coefficient (Wildman–Crippen LogP) is 2.65. The fourth-order valence-electron chi connectivity index (χ4n) is 2.12. The lowest BCUT2D eigenvalue weighted by molar-refractivity contribution is -0.147. The standard InChI is InChI=1S/C17H20N2O3/c1-5-22-17(21)13(4)19-16(20)9-8-15(18-19)14-7-6-11(2)12(3)10-14/h6-10,13H,5H2,1-4H3. The summed E-state index contributed by atoms with van der Waals surface area (Å²) in [5.74, 6) is -0.464. The van der Waals surface area contributed by atoms with Crippen molar-refractivity contribution >= 4 is 5.97 Å². The van der Waals surface area contributed by atoms with Crippen LogP contribution in [0.1, 0.15) is 31.0 Å². The Morgan fingerprint density at radius 3 is 2.59 bits per heavy atom. The molecule has 22 heavy (non-hydrogen) atoms. The number of aromatic nitrogens is 2. The first-order valence-electron chi connectivity index (χ1n) is 7.28. The van der Waals surface area contributed by atoms with E-state index in [1.54, 1.807) is 19.9 Å². The van der Waals surface area contributed by atoms with Crippen molar-refractivity contribution < 1.29 is 9.53 Å². The van der Waals surface area contributed by atoms with Gasteiger partial charge in [-0.3, -0.25) is 4.79 Å². The van der Waals surface area contributed by atoms with Crippen LogP contribution in [-0.4, -0.2) is 22.4 Å². The first-order chi connectivity index (χ1) is 10.4. The van der Waals surface area contributed by atoms with E-state index in [0.717, 1.165) is 11.1 Å². The third kappa shape index (κ3) is 3.24. The molecule has 0 saturated heterocycles. The van der Waals surface area contributed by atoms with Crippen molar-refractivity contribution in [2.75, 3.05) is 6.61 Å². The van der Waals surface area contributed by atoms with Crippen molar-refractivity contribution in [1.29, 1.82) is 0 Å². The largest absolute Gasteiger partial charge is 0.464 e. The van der Waals surface area contributed by atoms with E-state index >= 15 is 0 Å². The molecule has 5 heteroatoms. The SMILES string of the molecule is CCOC(=O)C(C)n1nc(-c2ccc(C)c(C)c2)ccc1=O. The van der Waals surface area contributed by atoms with Gasteiger partial charge in [-0.2, -0.15) is 5.10 Å². The molecule has 1 atom stereocenters. The zero-order chi connectivity index (χ0) is 16.3. The molecular weight excluding hydrogens is 280 g/mol. The number of carbonyl (C=O) groups is 1. The molecule has 0 aliphatic rings. The van der Waals surface area contributed by atoms with E-state index in [1.807, 2.05) is 32.0 Å². The zero-order valence-corrected chi connectivity index (χ0v) is 13.3. The summed E-state index contributed by atoms with van der Waals surface area (Å²) in [6, 6.07) is 8.32. The monoisotopic (exact) mass is 300 g/mol. The molecule has 0 fully saturated rings. The molecule has 1 heterocycles. The van der Waals surface area contributed by atoms with Gasteiger partial charge in [-0.1, -0.05) is 12.1 Å². The minimum absolute atomic E-state index is 0.273. The third-order valence-corrected chi connectivity index (χ3v) is 3.62. The summed E-state index contributed by atoms with van der Waals surface area (Å²) in [5.41, 5.74) is 3.58. The fourth-order valence-corrected chi connectivity index (χ4v) is 2.12. The average molecular weight is 300 g/mol. The van der Waals surface area contributed by atoms with Gasteiger partial charge in [0.25, 0.3) is 5.56 Å². The lowest BCUT2D eigenvalue weighted by Gasteiger charge is -2.14. The quantitative estimate of drug-likeness (QED) is 0.814. The number of esters is 1. The van der Waals surface area contributed by atoms with Gasteiger partial charge in [0, 0.05) is 11.6 Å². The molecule has 0 spiro atoms. The summed E-state index contributed by atoms with van der Waals surface area (Å²) in [6.45, 7) is 7.67. The molecule has 0 bridgehead atoms. The molecule has 0 aliphatic heterocycles. The zero-order valence-electron chi connectivity index (χ0n) is 13.3. The van der Waals surface area contributed by atoms with E-state index in [4.69, 9.17) is 4.74 Å². The van der Waals surface area contributed by atoms with Crippen LogP contribution < -0.4 is 5.56 Å². The third-order valence-electron chi connectivity index (χ3n) is 3.62. The lowest BCUT2D eigenvalue weighted by atomic mass is 10.0. The van der Waals surface area contributed by atoms with Gasteiger partial charge in [0.1, 0.15) is 0 Å². The summed E-state index contributed by atoms with van der Waals surface area (Å²) < 4.78 is 6.12. The molecule has 116 valence electrons. The van der Waals surface area contributed by atoms with Gasteiger partial charge in [0.2, 0.25) is 0 Å². The Morgan fingerprint density at radius 1 is 1.23 bits per heavy atom. The highest BCUT2D eigenvalue weighted by molar-refractivity contribution is 5.73. The number of hydrogen-bond acceptors (Lipinski definition) is 4. The van der Waals surface area contributed by atoms with E-state index in [0.29, 0.717) is 5.69 Å². The Kier molecular flexibility index (Phi) is 4.75. The first-order valence-corrected chi connectivity index (χ1v) is 7.28. The molecule has 0 radical (unpaired) electrons. The number of ether oxygens (including phenoxy) is 1. The number of aryl methyl sites for hydroxylation is 2. The average Bonchev–Trinajstić information content (AvgIpc) is 2.50. The van der Waals surface area contributed by atoms with E-state index in [-0.39, 0.29) is 12.2 Å². The van der Waals surface area contributed by atoms with Crippen LogP contribution in [0.15, 0.2) is 35.1 Å². The number of rotatable bonds is 4. The lowest BCUT2D eigenvalue weighted by Crippen LogP contribution is -2.31. The van der Waals surface area contributed by atoms with E-state index < -0.39 is 12.0 Å². The van der Waals surface area contributed by atoms with Crippen LogP contribution in [0.2, 0.25) is 0 Å². The van der Waals surface area contributed by atoms with Crippen LogP contribution in [0.5, 0.6) is 0 Å². The Hall–Kier alpha value is -2.43. The molecule has 0 aliphatic carbocycles. The number of nitrogens with zero attached hydrogens (tertiary/aromatic N) is 2. The molecule has 1 aromatic carbocycles. The highest BCUT2D eigenvalue weighted by Crippen LogP contribution is 2.19. The van der Waals surface area contributed by atoms with Gasteiger partial charge in [-0.05, 0) is 51.0 Å². The van der Waals surface area contributed by atoms with Crippen LogP contribution in [0, 0.1) is 13.8 Å². The van der Waals surface area contributed by atoms with E-state index in [2.05, 4.69) is 5.10 Å². The number of benzene rings is 1. The summed E-state index contributed by atoms with van der Waals surface area (Å²) in [4.78, 5) is 23.8. The Bertz CT molecular complexity index is 750. The molecular formula is C17H20N2O3. The van der Waals surface area contributed by atoms with Crippen LogP contribution in [0.25, 0.3) is 11.3 Å². The Morgan fingerprint density at radius 2 is 1.95 bits per heavy atom.